The molecular weight excluding hydrogens is 400 g/mol. The fourth-order valence-corrected chi connectivity index (χ4v) is 4.14. The zero-order valence-electron chi connectivity index (χ0n) is 18.6. The lowest BCUT2D eigenvalue weighted by Gasteiger charge is -2.17. The lowest BCUT2D eigenvalue weighted by molar-refractivity contribution is 0.0791. The van der Waals surface area contributed by atoms with Gasteiger partial charge in [-0.15, -0.1) is 0 Å². The van der Waals surface area contributed by atoms with Crippen LogP contribution < -0.4 is 4.74 Å². The first kappa shape index (κ1) is 21.3. The molecule has 162 valence electrons. The Bertz CT molecular complexity index is 1300. The predicted octanol–water partition coefficient (Wildman–Crippen LogP) is 4.92. The van der Waals surface area contributed by atoms with Crippen molar-refractivity contribution in [2.45, 2.75) is 13.5 Å². The van der Waals surface area contributed by atoms with Crippen molar-refractivity contribution in [3.8, 4) is 16.9 Å². The van der Waals surface area contributed by atoms with Crippen LogP contribution in [-0.4, -0.2) is 40.5 Å². The topological polar surface area (TPSA) is 59.7 Å². The van der Waals surface area contributed by atoms with Crippen LogP contribution in [0, 0.1) is 0 Å². The first-order valence-electron chi connectivity index (χ1n) is 10.4. The molecule has 2 aromatic carbocycles. The van der Waals surface area contributed by atoms with Gasteiger partial charge in [-0.05, 0) is 47.4 Å². The maximum absolute atomic E-state index is 13.4. The van der Waals surface area contributed by atoms with Gasteiger partial charge < -0.3 is 9.64 Å². The minimum Gasteiger partial charge on any atom is -0.496 e. The third-order valence-corrected chi connectivity index (χ3v) is 5.69. The van der Waals surface area contributed by atoms with Gasteiger partial charge in [-0.25, -0.2) is 0 Å². The summed E-state index contributed by atoms with van der Waals surface area (Å²) >= 11 is 0. The molecule has 0 spiro atoms. The Morgan fingerprint density at radius 1 is 1.31 bits per heavy atom. The number of rotatable bonds is 7. The number of fused-ring (bicyclic) bond motifs is 2. The summed E-state index contributed by atoms with van der Waals surface area (Å²) in [5.41, 5.74) is 6.11. The molecule has 0 bridgehead atoms. The summed E-state index contributed by atoms with van der Waals surface area (Å²) in [6.07, 6.45) is 7.02. The molecule has 1 aromatic heterocycles. The summed E-state index contributed by atoms with van der Waals surface area (Å²) < 4.78 is 7.39. The number of hydrogen-bond donors (Lipinski definition) is 0. The molecule has 6 heteroatoms. The van der Waals surface area contributed by atoms with Gasteiger partial charge in [-0.3, -0.25) is 14.5 Å². The first-order chi connectivity index (χ1) is 15.5. The Morgan fingerprint density at radius 3 is 2.84 bits per heavy atom. The van der Waals surface area contributed by atoms with Crippen LogP contribution in [0.4, 0.5) is 0 Å². The standard InChI is InChI=1S/C26H26N4O2/c1-6-8-22(27-7-2)17(3)15-30-16-21-20(11-12-24(32-5)25(21)26(30)31)18-9-10-19-14-28-29(4)23(19)13-18/h6-14H,1,3,15-16H2,2,4-5H3/b22-8-,27-7?. The molecule has 3 aromatic rings. The molecule has 1 aliphatic heterocycles. The molecule has 0 saturated carbocycles. The number of carbonyl (C=O) groups excluding carboxylic acids is 1. The maximum Gasteiger partial charge on any atom is 0.258 e. The molecule has 0 radical (unpaired) electrons. The summed E-state index contributed by atoms with van der Waals surface area (Å²) in [5.74, 6) is 0.511. The highest BCUT2D eigenvalue weighted by molar-refractivity contribution is 6.03. The summed E-state index contributed by atoms with van der Waals surface area (Å²) in [4.78, 5) is 19.5. The highest BCUT2D eigenvalue weighted by atomic mass is 16.5. The van der Waals surface area contributed by atoms with Gasteiger partial charge in [0.15, 0.2) is 0 Å². The number of aryl methyl sites for hydroxylation is 1. The van der Waals surface area contributed by atoms with Crippen LogP contribution in [0.1, 0.15) is 22.8 Å². The number of allylic oxidation sites excluding steroid dienone is 2. The fraction of sp³-hybridized carbons (Fsp3) is 0.192. The largest absolute Gasteiger partial charge is 0.496 e. The molecular formula is C26H26N4O2. The average Bonchev–Trinajstić information content (AvgIpc) is 3.33. The number of nitrogens with zero attached hydrogens (tertiary/aromatic N) is 4. The first-order valence-corrected chi connectivity index (χ1v) is 10.4. The number of carbonyl (C=O) groups is 1. The summed E-state index contributed by atoms with van der Waals surface area (Å²) in [5, 5.41) is 5.41. The van der Waals surface area contributed by atoms with E-state index in [4.69, 9.17) is 4.74 Å². The van der Waals surface area contributed by atoms with Gasteiger partial charge in [0.1, 0.15) is 5.75 Å². The average molecular weight is 427 g/mol. The monoisotopic (exact) mass is 426 g/mol. The smallest absolute Gasteiger partial charge is 0.258 e. The van der Waals surface area contributed by atoms with Gasteiger partial charge in [0.2, 0.25) is 0 Å². The van der Waals surface area contributed by atoms with Crippen LogP contribution >= 0.6 is 0 Å². The van der Waals surface area contributed by atoms with Crippen molar-refractivity contribution in [2.75, 3.05) is 13.7 Å². The van der Waals surface area contributed by atoms with Gasteiger partial charge in [0.05, 0.1) is 30.1 Å². The van der Waals surface area contributed by atoms with Crippen LogP contribution in [0.3, 0.4) is 0 Å². The van der Waals surface area contributed by atoms with E-state index in [1.54, 1.807) is 30.4 Å². The van der Waals surface area contributed by atoms with Gasteiger partial charge in [-0.2, -0.15) is 5.10 Å². The Balaban J connectivity index is 1.74. The summed E-state index contributed by atoms with van der Waals surface area (Å²) in [6.45, 7) is 10.6. The predicted molar refractivity (Wildman–Crippen MR) is 129 cm³/mol. The third-order valence-electron chi connectivity index (χ3n) is 5.69. The number of amides is 1. The number of ether oxygens (including phenoxy) is 1. The quantitative estimate of drug-likeness (QED) is 0.398. The van der Waals surface area contributed by atoms with E-state index in [1.165, 1.54) is 0 Å². The second-order valence-corrected chi connectivity index (χ2v) is 7.65. The Kier molecular flexibility index (Phi) is 5.77. The molecule has 0 N–H and O–H groups in total. The second-order valence-electron chi connectivity index (χ2n) is 7.65. The van der Waals surface area contributed by atoms with Crippen molar-refractivity contribution in [2.24, 2.45) is 12.0 Å². The van der Waals surface area contributed by atoms with Crippen molar-refractivity contribution in [3.63, 3.8) is 0 Å². The maximum atomic E-state index is 13.4. The molecule has 0 saturated heterocycles. The highest BCUT2D eigenvalue weighted by Gasteiger charge is 2.33. The minimum atomic E-state index is -0.0695. The van der Waals surface area contributed by atoms with Crippen molar-refractivity contribution >= 4 is 23.0 Å². The Labute approximate surface area is 187 Å². The van der Waals surface area contributed by atoms with E-state index >= 15 is 0 Å². The van der Waals surface area contributed by atoms with E-state index in [2.05, 4.69) is 41.4 Å². The van der Waals surface area contributed by atoms with E-state index in [1.807, 2.05) is 37.0 Å². The molecule has 0 aliphatic carbocycles. The second kappa shape index (κ2) is 8.67. The zero-order valence-corrected chi connectivity index (χ0v) is 18.6. The van der Waals surface area contributed by atoms with Crippen molar-refractivity contribution in [1.29, 1.82) is 0 Å². The minimum absolute atomic E-state index is 0.0695. The van der Waals surface area contributed by atoms with Gasteiger partial charge >= 0.3 is 0 Å². The molecule has 0 fully saturated rings. The molecule has 0 atom stereocenters. The van der Waals surface area contributed by atoms with Gasteiger partial charge in [0.25, 0.3) is 5.91 Å². The van der Waals surface area contributed by atoms with Gasteiger partial charge in [-0.1, -0.05) is 37.4 Å². The number of hydrogen-bond acceptors (Lipinski definition) is 4. The molecule has 6 nitrogen and oxygen atoms in total. The third kappa shape index (κ3) is 3.64. The van der Waals surface area contributed by atoms with E-state index < -0.39 is 0 Å². The number of aromatic nitrogens is 2. The molecule has 0 unspecified atom stereocenters. The lowest BCUT2D eigenvalue weighted by Crippen LogP contribution is -2.26. The van der Waals surface area contributed by atoms with Gasteiger partial charge in [0, 0.05) is 31.7 Å². The lowest BCUT2D eigenvalue weighted by atomic mass is 9.95. The normalized spacial score (nSPS) is 13.8. The van der Waals surface area contributed by atoms with Crippen LogP contribution in [0.5, 0.6) is 5.75 Å². The summed E-state index contributed by atoms with van der Waals surface area (Å²) in [7, 11) is 3.52. The Hall–Kier alpha value is -3.93. The Morgan fingerprint density at radius 2 is 2.12 bits per heavy atom. The van der Waals surface area contributed by atoms with E-state index in [9.17, 15) is 4.79 Å². The number of benzene rings is 2. The molecule has 1 amide bonds. The van der Waals surface area contributed by atoms with Crippen molar-refractivity contribution in [3.05, 3.63) is 84.2 Å². The fourth-order valence-electron chi connectivity index (χ4n) is 4.14. The van der Waals surface area contributed by atoms with Crippen LogP contribution in [-0.2, 0) is 13.6 Å². The molecule has 2 heterocycles. The van der Waals surface area contributed by atoms with Crippen LogP contribution in [0.2, 0.25) is 0 Å². The van der Waals surface area contributed by atoms with Crippen LogP contribution in [0.15, 0.2) is 78.1 Å². The molecule has 32 heavy (non-hydrogen) atoms. The van der Waals surface area contributed by atoms with Crippen molar-refractivity contribution in [1.82, 2.24) is 14.7 Å². The molecule has 1 aliphatic rings. The van der Waals surface area contributed by atoms with E-state index in [-0.39, 0.29) is 5.91 Å². The molecule has 4 rings (SSSR count). The van der Waals surface area contributed by atoms with Crippen LogP contribution in [0.25, 0.3) is 22.0 Å². The highest BCUT2D eigenvalue weighted by Crippen LogP contribution is 2.39. The zero-order chi connectivity index (χ0) is 22.8. The number of methoxy groups -OCH3 is 1. The SMILES string of the molecule is C=C/C=C(\N=CC)C(=C)CN1Cc2c(-c3ccc4cnn(C)c4c3)ccc(OC)c2C1=O. The van der Waals surface area contributed by atoms with Crippen molar-refractivity contribution < 1.29 is 9.53 Å². The van der Waals surface area contributed by atoms with E-state index in [0.29, 0.717) is 30.1 Å². The summed E-state index contributed by atoms with van der Waals surface area (Å²) in [6, 6.07) is 10.1. The van der Waals surface area contributed by atoms with E-state index in [0.717, 1.165) is 33.2 Å². The number of aliphatic imine (C=N–C) groups is 1.